The summed E-state index contributed by atoms with van der Waals surface area (Å²) in [6, 6.07) is 2.86. The van der Waals surface area contributed by atoms with E-state index in [0.29, 0.717) is 11.8 Å². The average molecular weight is 323 g/mol. The van der Waals surface area contributed by atoms with Crippen molar-refractivity contribution >= 4 is 11.6 Å². The third kappa shape index (κ3) is 2.18. The summed E-state index contributed by atoms with van der Waals surface area (Å²) >= 11 is 0. The van der Waals surface area contributed by atoms with E-state index in [1.165, 1.54) is 24.2 Å². The van der Waals surface area contributed by atoms with Crippen molar-refractivity contribution in [3.05, 3.63) is 35.8 Å². The van der Waals surface area contributed by atoms with E-state index in [2.05, 4.69) is 42.5 Å². The lowest BCUT2D eigenvalue weighted by Crippen LogP contribution is -2.33. The van der Waals surface area contributed by atoms with Crippen LogP contribution in [0.5, 0.6) is 0 Å². The van der Waals surface area contributed by atoms with Crippen LogP contribution in [-0.4, -0.2) is 35.7 Å². The average Bonchev–Trinajstić information content (AvgIpc) is 3.18. The molecule has 5 rings (SSSR count). The van der Waals surface area contributed by atoms with Crippen molar-refractivity contribution in [2.45, 2.75) is 51.6 Å². The van der Waals surface area contributed by atoms with Gasteiger partial charge in [-0.05, 0) is 19.3 Å². The molecule has 4 heterocycles. The molecule has 1 saturated carbocycles. The lowest BCUT2D eigenvalue weighted by atomic mass is 10.1. The zero-order valence-corrected chi connectivity index (χ0v) is 13.9. The highest BCUT2D eigenvalue weighted by molar-refractivity contribution is 5.49. The van der Waals surface area contributed by atoms with Crippen molar-refractivity contribution in [3.63, 3.8) is 0 Å². The molecule has 7 heteroatoms. The van der Waals surface area contributed by atoms with Gasteiger partial charge >= 0.3 is 0 Å². The quantitative estimate of drug-likeness (QED) is 0.736. The lowest BCUT2D eigenvalue weighted by Gasteiger charge is -2.29. The molecule has 7 nitrogen and oxygen atoms in total. The largest absolute Gasteiger partial charge is 0.350 e. The minimum absolute atomic E-state index is 0.685. The van der Waals surface area contributed by atoms with Gasteiger partial charge in [-0.25, -0.2) is 9.97 Å². The number of anilines is 1. The fourth-order valence-electron chi connectivity index (χ4n) is 3.65. The first-order valence-corrected chi connectivity index (χ1v) is 8.82. The number of imidazole rings is 1. The van der Waals surface area contributed by atoms with Crippen molar-refractivity contribution < 1.29 is 0 Å². The Hall–Kier alpha value is -2.44. The number of hydrogen-bond donors (Lipinski definition) is 0. The van der Waals surface area contributed by atoms with E-state index in [1.54, 1.807) is 6.33 Å². The molecule has 124 valence electrons. The van der Waals surface area contributed by atoms with Crippen molar-refractivity contribution in [2.24, 2.45) is 0 Å². The molecule has 0 bridgehead atoms. The maximum atomic E-state index is 4.68. The summed E-state index contributed by atoms with van der Waals surface area (Å²) in [6.45, 7) is 3.99. The Labute approximate surface area is 140 Å². The minimum Gasteiger partial charge on any atom is -0.350 e. The molecule has 3 aromatic heterocycles. The van der Waals surface area contributed by atoms with Gasteiger partial charge in [0, 0.05) is 36.5 Å². The zero-order valence-electron chi connectivity index (χ0n) is 13.9. The van der Waals surface area contributed by atoms with Gasteiger partial charge in [0.2, 0.25) is 0 Å². The fraction of sp³-hybridized carbons (Fsp3) is 0.529. The number of fused-ring (bicyclic) bond motifs is 2. The van der Waals surface area contributed by atoms with Crippen LogP contribution in [0.3, 0.4) is 0 Å². The first-order valence-electron chi connectivity index (χ1n) is 8.82. The van der Waals surface area contributed by atoms with E-state index in [9.17, 15) is 0 Å². The molecular weight excluding hydrogens is 302 g/mol. The number of aryl methyl sites for hydroxylation is 1. The molecule has 0 N–H and O–H groups in total. The van der Waals surface area contributed by atoms with Crippen LogP contribution in [0, 0.1) is 0 Å². The Kier molecular flexibility index (Phi) is 3.08. The lowest BCUT2D eigenvalue weighted by molar-refractivity contribution is 0.631. The monoisotopic (exact) mass is 323 g/mol. The topological polar surface area (TPSA) is 64.1 Å². The third-order valence-corrected chi connectivity index (χ3v) is 5.00. The Morgan fingerprint density at radius 3 is 3.00 bits per heavy atom. The summed E-state index contributed by atoms with van der Waals surface area (Å²) in [6.07, 6.45) is 9.30. The SMILES string of the molecule is CCCc1cc(N2CCc3c(ncn3C3CC3)C2)n2ncnc2n1. The van der Waals surface area contributed by atoms with Gasteiger partial charge in [0.25, 0.3) is 5.78 Å². The van der Waals surface area contributed by atoms with Gasteiger partial charge in [-0.15, -0.1) is 0 Å². The molecule has 0 amide bonds. The maximum Gasteiger partial charge on any atom is 0.254 e. The zero-order chi connectivity index (χ0) is 16.1. The number of rotatable bonds is 4. The number of nitrogens with zero attached hydrogens (tertiary/aromatic N) is 7. The Morgan fingerprint density at radius 1 is 1.25 bits per heavy atom. The molecule has 0 radical (unpaired) electrons. The van der Waals surface area contributed by atoms with Crippen LogP contribution in [0.15, 0.2) is 18.7 Å². The highest BCUT2D eigenvalue weighted by atomic mass is 15.4. The van der Waals surface area contributed by atoms with Crippen LogP contribution < -0.4 is 4.90 Å². The van der Waals surface area contributed by atoms with E-state index in [4.69, 9.17) is 0 Å². The second-order valence-corrected chi connectivity index (χ2v) is 6.78. The van der Waals surface area contributed by atoms with Crippen molar-refractivity contribution in [1.82, 2.24) is 29.1 Å². The van der Waals surface area contributed by atoms with Crippen LogP contribution in [-0.2, 0) is 19.4 Å². The highest BCUT2D eigenvalue weighted by Crippen LogP contribution is 2.37. The van der Waals surface area contributed by atoms with Gasteiger partial charge in [0.1, 0.15) is 12.1 Å². The minimum atomic E-state index is 0.685. The van der Waals surface area contributed by atoms with Crippen LogP contribution in [0.1, 0.15) is 49.3 Å². The second-order valence-electron chi connectivity index (χ2n) is 6.78. The van der Waals surface area contributed by atoms with Gasteiger partial charge in [0.15, 0.2) is 0 Å². The van der Waals surface area contributed by atoms with Gasteiger partial charge < -0.3 is 9.47 Å². The standard InChI is InChI=1S/C17H21N7/c1-2-3-12-8-16(24-17(21-12)18-10-20-24)22-7-6-15-14(9-22)19-11-23(15)13-4-5-13/h8,10-11,13H,2-7,9H2,1H3. The van der Waals surface area contributed by atoms with E-state index in [-0.39, 0.29) is 0 Å². The van der Waals surface area contributed by atoms with Crippen molar-refractivity contribution in [1.29, 1.82) is 0 Å². The molecule has 2 aliphatic rings. The normalized spacial score (nSPS) is 17.5. The molecule has 0 saturated heterocycles. The van der Waals surface area contributed by atoms with Gasteiger partial charge in [-0.3, -0.25) is 0 Å². The second kappa shape index (κ2) is 5.29. The third-order valence-electron chi connectivity index (χ3n) is 5.00. The first kappa shape index (κ1) is 13.9. The van der Waals surface area contributed by atoms with Crippen LogP contribution in [0.4, 0.5) is 5.82 Å². The molecule has 0 atom stereocenters. The summed E-state index contributed by atoms with van der Waals surface area (Å²) in [5.74, 6) is 1.76. The van der Waals surface area contributed by atoms with E-state index < -0.39 is 0 Å². The molecule has 0 spiro atoms. The van der Waals surface area contributed by atoms with E-state index in [1.807, 2.05) is 10.8 Å². The Morgan fingerprint density at radius 2 is 2.17 bits per heavy atom. The molecule has 1 fully saturated rings. The first-order chi connectivity index (χ1) is 11.8. The predicted octanol–water partition coefficient (Wildman–Crippen LogP) is 2.17. The summed E-state index contributed by atoms with van der Waals surface area (Å²) in [4.78, 5) is 15.9. The van der Waals surface area contributed by atoms with E-state index in [0.717, 1.165) is 43.9 Å². The summed E-state index contributed by atoms with van der Waals surface area (Å²) in [5.41, 5.74) is 3.71. The summed E-state index contributed by atoms with van der Waals surface area (Å²) < 4.78 is 4.24. The van der Waals surface area contributed by atoms with Crippen LogP contribution in [0.2, 0.25) is 0 Å². The summed E-state index contributed by atoms with van der Waals surface area (Å²) in [7, 11) is 0. The van der Waals surface area contributed by atoms with E-state index >= 15 is 0 Å². The smallest absolute Gasteiger partial charge is 0.254 e. The van der Waals surface area contributed by atoms with Crippen molar-refractivity contribution in [2.75, 3.05) is 11.4 Å². The van der Waals surface area contributed by atoms with Crippen LogP contribution in [0.25, 0.3) is 5.78 Å². The number of hydrogen-bond acceptors (Lipinski definition) is 5. The van der Waals surface area contributed by atoms with Gasteiger partial charge in [0.05, 0.1) is 18.6 Å². The molecule has 1 aliphatic heterocycles. The predicted molar refractivity (Wildman–Crippen MR) is 90.0 cm³/mol. The molecule has 0 unspecified atom stereocenters. The molecular formula is C17H21N7. The summed E-state index contributed by atoms with van der Waals surface area (Å²) in [5, 5.41) is 4.37. The number of aromatic nitrogens is 6. The molecule has 0 aromatic carbocycles. The molecule has 1 aliphatic carbocycles. The molecule has 24 heavy (non-hydrogen) atoms. The Bertz CT molecular complexity index is 890. The highest BCUT2D eigenvalue weighted by Gasteiger charge is 2.30. The fourth-order valence-corrected chi connectivity index (χ4v) is 3.65. The van der Waals surface area contributed by atoms with Crippen LogP contribution >= 0.6 is 0 Å². The molecule has 3 aromatic rings. The maximum absolute atomic E-state index is 4.68. The van der Waals surface area contributed by atoms with Crippen molar-refractivity contribution in [3.8, 4) is 0 Å². The van der Waals surface area contributed by atoms with Gasteiger partial charge in [-0.1, -0.05) is 13.3 Å². The van der Waals surface area contributed by atoms with Gasteiger partial charge in [-0.2, -0.15) is 14.6 Å². The Balaban J connectivity index is 1.52.